The molecule has 0 saturated heterocycles. The molecule has 6 nitrogen and oxygen atoms in total. The van der Waals surface area contributed by atoms with Crippen LogP contribution in [0.3, 0.4) is 0 Å². The molecular weight excluding hydrogens is 392 g/mol. The molecule has 0 aromatic heterocycles. The standard InChI is InChI=1S/C25H26N2O4/c1-3-29-22-11-9-20(10-12-22)17-26-27-25(28)19(2)31-24-15-13-23(14-16-24)30-18-21-7-5-4-6-8-21/h4-17,19H,3,18H2,1-2H3,(H,27,28)/b26-17-/t19-/m1/s1. The van der Waals surface area contributed by atoms with Gasteiger partial charge in [0.1, 0.15) is 23.9 Å². The van der Waals surface area contributed by atoms with E-state index in [1.54, 1.807) is 25.3 Å². The van der Waals surface area contributed by atoms with Crippen LogP contribution in [-0.4, -0.2) is 24.8 Å². The van der Waals surface area contributed by atoms with E-state index in [2.05, 4.69) is 10.5 Å². The van der Waals surface area contributed by atoms with Crippen LogP contribution in [0.5, 0.6) is 17.2 Å². The summed E-state index contributed by atoms with van der Waals surface area (Å²) in [7, 11) is 0. The Balaban J connectivity index is 1.44. The molecule has 0 heterocycles. The molecule has 0 unspecified atom stereocenters. The van der Waals surface area contributed by atoms with E-state index in [9.17, 15) is 4.79 Å². The Morgan fingerprint density at radius 2 is 1.52 bits per heavy atom. The minimum Gasteiger partial charge on any atom is -0.494 e. The van der Waals surface area contributed by atoms with E-state index in [0.717, 1.165) is 22.6 Å². The molecule has 0 fully saturated rings. The normalized spacial score (nSPS) is 11.7. The van der Waals surface area contributed by atoms with Crippen molar-refractivity contribution in [3.05, 3.63) is 90.0 Å². The third-order valence-electron chi connectivity index (χ3n) is 4.33. The van der Waals surface area contributed by atoms with Crippen LogP contribution < -0.4 is 19.6 Å². The van der Waals surface area contributed by atoms with Gasteiger partial charge in [0.15, 0.2) is 6.10 Å². The van der Waals surface area contributed by atoms with Crippen LogP contribution in [0.15, 0.2) is 84.0 Å². The average Bonchev–Trinajstić information content (AvgIpc) is 2.80. The lowest BCUT2D eigenvalue weighted by molar-refractivity contribution is -0.127. The van der Waals surface area contributed by atoms with Crippen LogP contribution >= 0.6 is 0 Å². The van der Waals surface area contributed by atoms with Crippen LogP contribution in [0.2, 0.25) is 0 Å². The largest absolute Gasteiger partial charge is 0.494 e. The van der Waals surface area contributed by atoms with Crippen molar-refractivity contribution in [2.45, 2.75) is 26.6 Å². The molecule has 31 heavy (non-hydrogen) atoms. The number of hydrazone groups is 1. The Morgan fingerprint density at radius 3 is 2.19 bits per heavy atom. The summed E-state index contributed by atoms with van der Waals surface area (Å²) in [5.74, 6) is 1.76. The Labute approximate surface area is 182 Å². The average molecular weight is 418 g/mol. The summed E-state index contributed by atoms with van der Waals surface area (Å²) >= 11 is 0. The first-order valence-corrected chi connectivity index (χ1v) is 10.1. The number of carbonyl (C=O) groups is 1. The van der Waals surface area contributed by atoms with Gasteiger partial charge in [-0.25, -0.2) is 5.43 Å². The summed E-state index contributed by atoms with van der Waals surface area (Å²) in [5.41, 5.74) is 4.44. The van der Waals surface area contributed by atoms with E-state index in [0.29, 0.717) is 19.0 Å². The fraction of sp³-hybridized carbons (Fsp3) is 0.200. The van der Waals surface area contributed by atoms with Gasteiger partial charge in [-0.15, -0.1) is 0 Å². The first-order chi connectivity index (χ1) is 15.1. The van der Waals surface area contributed by atoms with Crippen molar-refractivity contribution in [2.24, 2.45) is 5.10 Å². The topological polar surface area (TPSA) is 69.2 Å². The van der Waals surface area contributed by atoms with Crippen LogP contribution in [-0.2, 0) is 11.4 Å². The molecule has 6 heteroatoms. The first-order valence-electron chi connectivity index (χ1n) is 10.1. The van der Waals surface area contributed by atoms with Gasteiger partial charge >= 0.3 is 0 Å². The zero-order chi connectivity index (χ0) is 21.9. The van der Waals surface area contributed by atoms with Gasteiger partial charge in [0.2, 0.25) is 0 Å². The number of ether oxygens (including phenoxy) is 3. The highest BCUT2D eigenvalue weighted by molar-refractivity contribution is 5.84. The lowest BCUT2D eigenvalue weighted by Gasteiger charge is -2.13. The van der Waals surface area contributed by atoms with E-state index in [1.807, 2.05) is 73.7 Å². The van der Waals surface area contributed by atoms with Gasteiger partial charge < -0.3 is 14.2 Å². The molecule has 0 aliphatic carbocycles. The molecule has 1 atom stereocenters. The molecule has 1 amide bonds. The molecule has 0 spiro atoms. The smallest absolute Gasteiger partial charge is 0.280 e. The molecule has 3 aromatic rings. The van der Waals surface area contributed by atoms with Gasteiger partial charge in [0.05, 0.1) is 12.8 Å². The van der Waals surface area contributed by atoms with Gasteiger partial charge in [0, 0.05) is 0 Å². The molecule has 1 N–H and O–H groups in total. The van der Waals surface area contributed by atoms with Gasteiger partial charge in [-0.3, -0.25) is 4.79 Å². The van der Waals surface area contributed by atoms with Gasteiger partial charge in [-0.1, -0.05) is 30.3 Å². The zero-order valence-electron chi connectivity index (χ0n) is 17.7. The van der Waals surface area contributed by atoms with E-state index in [4.69, 9.17) is 14.2 Å². The summed E-state index contributed by atoms with van der Waals surface area (Å²) in [4.78, 5) is 12.2. The minimum absolute atomic E-state index is 0.341. The number of hydrogen-bond donors (Lipinski definition) is 1. The highest BCUT2D eigenvalue weighted by Crippen LogP contribution is 2.19. The second kappa shape index (κ2) is 11.4. The molecule has 0 saturated carbocycles. The van der Waals surface area contributed by atoms with E-state index in [-0.39, 0.29) is 5.91 Å². The quantitative estimate of drug-likeness (QED) is 0.386. The lowest BCUT2D eigenvalue weighted by atomic mass is 10.2. The second-order valence-electron chi connectivity index (χ2n) is 6.74. The second-order valence-corrected chi connectivity index (χ2v) is 6.74. The number of nitrogens with one attached hydrogen (secondary N) is 1. The van der Waals surface area contributed by atoms with Gasteiger partial charge in [-0.05, 0) is 73.5 Å². The van der Waals surface area contributed by atoms with Gasteiger partial charge in [0.25, 0.3) is 5.91 Å². The van der Waals surface area contributed by atoms with Crippen LogP contribution in [0.4, 0.5) is 0 Å². The number of amides is 1. The highest BCUT2D eigenvalue weighted by atomic mass is 16.5. The van der Waals surface area contributed by atoms with Gasteiger partial charge in [-0.2, -0.15) is 5.10 Å². The zero-order valence-corrected chi connectivity index (χ0v) is 17.7. The number of nitrogens with zero attached hydrogens (tertiary/aromatic N) is 1. The molecule has 0 bridgehead atoms. The Hall–Kier alpha value is -3.80. The summed E-state index contributed by atoms with van der Waals surface area (Å²) in [6, 6.07) is 24.5. The van der Waals surface area contributed by atoms with Crippen molar-refractivity contribution >= 4 is 12.1 Å². The minimum atomic E-state index is -0.700. The van der Waals surface area contributed by atoms with E-state index < -0.39 is 6.10 Å². The summed E-state index contributed by atoms with van der Waals surface area (Å²) in [6.07, 6.45) is 0.868. The van der Waals surface area contributed by atoms with E-state index in [1.165, 1.54) is 0 Å². The Bertz CT molecular complexity index is 971. The number of rotatable bonds is 10. The third kappa shape index (κ3) is 7.19. The molecule has 3 rings (SSSR count). The van der Waals surface area contributed by atoms with E-state index >= 15 is 0 Å². The number of benzene rings is 3. The molecule has 0 aliphatic heterocycles. The summed E-state index contributed by atoms with van der Waals surface area (Å²) in [5, 5.41) is 3.98. The van der Waals surface area contributed by atoms with Crippen LogP contribution in [0.25, 0.3) is 0 Å². The fourth-order valence-electron chi connectivity index (χ4n) is 2.69. The maximum absolute atomic E-state index is 12.2. The molecule has 3 aromatic carbocycles. The van der Waals surface area contributed by atoms with Crippen molar-refractivity contribution < 1.29 is 19.0 Å². The Morgan fingerprint density at radius 1 is 0.903 bits per heavy atom. The lowest BCUT2D eigenvalue weighted by Crippen LogP contribution is -2.33. The maximum Gasteiger partial charge on any atom is 0.280 e. The Kier molecular flexibility index (Phi) is 8.05. The predicted molar refractivity (Wildman–Crippen MR) is 121 cm³/mol. The number of hydrogen-bond acceptors (Lipinski definition) is 5. The summed E-state index contributed by atoms with van der Waals surface area (Å²) in [6.45, 7) is 4.71. The van der Waals surface area contributed by atoms with Crippen molar-refractivity contribution in [1.82, 2.24) is 5.43 Å². The molecule has 0 aliphatic rings. The van der Waals surface area contributed by atoms with Crippen molar-refractivity contribution in [3.8, 4) is 17.2 Å². The highest BCUT2D eigenvalue weighted by Gasteiger charge is 2.14. The van der Waals surface area contributed by atoms with Crippen molar-refractivity contribution in [1.29, 1.82) is 0 Å². The monoisotopic (exact) mass is 418 g/mol. The van der Waals surface area contributed by atoms with Crippen molar-refractivity contribution in [3.63, 3.8) is 0 Å². The maximum atomic E-state index is 12.2. The summed E-state index contributed by atoms with van der Waals surface area (Å²) < 4.78 is 16.8. The molecule has 0 radical (unpaired) electrons. The fourth-order valence-corrected chi connectivity index (χ4v) is 2.69. The van der Waals surface area contributed by atoms with Crippen molar-refractivity contribution in [2.75, 3.05) is 6.61 Å². The molecule has 160 valence electrons. The SMILES string of the molecule is CCOc1ccc(/C=N\NC(=O)[C@@H](C)Oc2ccc(OCc3ccccc3)cc2)cc1. The predicted octanol–water partition coefficient (Wildman–Crippen LogP) is 4.58. The third-order valence-corrected chi connectivity index (χ3v) is 4.33. The first kappa shape index (κ1) is 21.9. The molecular formula is C25H26N2O4. The van der Waals surface area contributed by atoms with Crippen LogP contribution in [0.1, 0.15) is 25.0 Å². The van der Waals surface area contributed by atoms with Crippen LogP contribution in [0, 0.1) is 0 Å². The number of carbonyl (C=O) groups excluding carboxylic acids is 1.